The van der Waals surface area contributed by atoms with Crippen molar-refractivity contribution < 1.29 is 4.74 Å². The molecule has 2 rings (SSSR count). The predicted octanol–water partition coefficient (Wildman–Crippen LogP) is 1.76. The van der Waals surface area contributed by atoms with Crippen LogP contribution in [0, 0.1) is 0 Å². The molecule has 5 heteroatoms. The van der Waals surface area contributed by atoms with Crippen molar-refractivity contribution >= 4 is 5.82 Å². The van der Waals surface area contributed by atoms with E-state index in [1.807, 2.05) is 12.3 Å². The van der Waals surface area contributed by atoms with Gasteiger partial charge in [-0.2, -0.15) is 0 Å². The molecule has 0 bridgehead atoms. The van der Waals surface area contributed by atoms with E-state index in [0.29, 0.717) is 5.82 Å². The molecule has 1 fully saturated rings. The van der Waals surface area contributed by atoms with E-state index in [4.69, 9.17) is 10.6 Å². The number of hydrogen-bond acceptors (Lipinski definition) is 5. The fraction of sp³-hybridized carbons (Fsp3) is 0.643. The van der Waals surface area contributed by atoms with E-state index in [0.717, 1.165) is 19.6 Å². The molecule has 0 spiro atoms. The molecule has 1 aromatic heterocycles. The van der Waals surface area contributed by atoms with Crippen molar-refractivity contribution in [3.05, 3.63) is 23.9 Å². The van der Waals surface area contributed by atoms with Crippen molar-refractivity contribution in [2.75, 3.05) is 18.5 Å². The topological polar surface area (TPSA) is 63.4 Å². The first-order valence-corrected chi connectivity index (χ1v) is 6.64. The molecule has 5 nitrogen and oxygen atoms in total. The van der Waals surface area contributed by atoms with Crippen LogP contribution in [0.3, 0.4) is 0 Å². The van der Waals surface area contributed by atoms with Crippen LogP contribution < -0.4 is 11.3 Å². The quantitative estimate of drug-likeness (QED) is 0.643. The van der Waals surface area contributed by atoms with Crippen molar-refractivity contribution in [3.8, 4) is 0 Å². The summed E-state index contributed by atoms with van der Waals surface area (Å²) < 4.78 is 6.08. The molecule has 2 heterocycles. The van der Waals surface area contributed by atoms with Crippen LogP contribution in [-0.4, -0.2) is 34.2 Å². The van der Waals surface area contributed by atoms with Gasteiger partial charge in [0.2, 0.25) is 0 Å². The highest BCUT2D eigenvalue weighted by Gasteiger charge is 2.37. The number of ether oxygens (including phenoxy) is 1. The third-order valence-electron chi connectivity index (χ3n) is 3.14. The van der Waals surface area contributed by atoms with Gasteiger partial charge in [0.25, 0.3) is 0 Å². The van der Waals surface area contributed by atoms with E-state index in [9.17, 15) is 0 Å². The number of anilines is 1. The number of pyridine rings is 1. The number of morpholine rings is 1. The van der Waals surface area contributed by atoms with E-state index in [1.165, 1.54) is 5.56 Å². The lowest BCUT2D eigenvalue weighted by molar-refractivity contribution is -0.182. The summed E-state index contributed by atoms with van der Waals surface area (Å²) in [5, 5.41) is 0. The van der Waals surface area contributed by atoms with E-state index in [2.05, 4.69) is 49.1 Å². The van der Waals surface area contributed by atoms with Crippen LogP contribution in [0.5, 0.6) is 0 Å². The van der Waals surface area contributed by atoms with E-state index in [-0.39, 0.29) is 11.2 Å². The summed E-state index contributed by atoms with van der Waals surface area (Å²) in [5.41, 5.74) is 3.49. The average molecular weight is 264 g/mol. The molecule has 1 aliphatic rings. The minimum Gasteiger partial charge on any atom is -0.367 e. The van der Waals surface area contributed by atoms with Crippen LogP contribution in [0.1, 0.15) is 33.3 Å². The maximum Gasteiger partial charge on any atom is 0.139 e. The van der Waals surface area contributed by atoms with Gasteiger partial charge in [-0.3, -0.25) is 4.90 Å². The van der Waals surface area contributed by atoms with Crippen molar-refractivity contribution in [1.29, 1.82) is 0 Å². The maximum absolute atomic E-state index is 6.08. The van der Waals surface area contributed by atoms with Crippen molar-refractivity contribution in [2.45, 2.75) is 45.4 Å². The minimum absolute atomic E-state index is 0.117. The Kier molecular flexibility index (Phi) is 3.80. The molecule has 0 aromatic carbocycles. The second-order valence-electron chi connectivity index (χ2n) is 6.46. The second kappa shape index (κ2) is 5.07. The molecule has 1 aromatic rings. The summed E-state index contributed by atoms with van der Waals surface area (Å²) in [4.78, 5) is 6.65. The summed E-state index contributed by atoms with van der Waals surface area (Å²) in [7, 11) is 0. The fourth-order valence-corrected chi connectivity index (χ4v) is 2.92. The van der Waals surface area contributed by atoms with Crippen LogP contribution in [0.2, 0.25) is 0 Å². The first-order valence-electron chi connectivity index (χ1n) is 6.64. The minimum atomic E-state index is -0.117. The van der Waals surface area contributed by atoms with Gasteiger partial charge < -0.3 is 10.2 Å². The van der Waals surface area contributed by atoms with E-state index >= 15 is 0 Å². The number of nitrogens with zero attached hydrogens (tertiary/aromatic N) is 2. The fourth-order valence-electron chi connectivity index (χ4n) is 2.92. The van der Waals surface area contributed by atoms with Gasteiger partial charge in [0, 0.05) is 25.8 Å². The monoisotopic (exact) mass is 264 g/mol. The van der Waals surface area contributed by atoms with Gasteiger partial charge >= 0.3 is 0 Å². The highest BCUT2D eigenvalue weighted by molar-refractivity contribution is 5.33. The number of aromatic nitrogens is 1. The zero-order chi connectivity index (χ0) is 14.1. The SMILES string of the molecule is CC1(C)CN(Cc2ccc(NN)nc2)CC(C)(C)O1. The molecule has 1 saturated heterocycles. The molecular formula is C14H24N4O. The maximum atomic E-state index is 6.08. The Morgan fingerprint density at radius 2 is 1.89 bits per heavy atom. The van der Waals surface area contributed by atoms with E-state index in [1.54, 1.807) is 0 Å². The summed E-state index contributed by atoms with van der Waals surface area (Å²) in [5.74, 6) is 6.00. The molecule has 19 heavy (non-hydrogen) atoms. The van der Waals surface area contributed by atoms with Crippen LogP contribution in [0.15, 0.2) is 18.3 Å². The average Bonchev–Trinajstić information content (AvgIpc) is 2.25. The van der Waals surface area contributed by atoms with Crippen LogP contribution in [0.4, 0.5) is 5.82 Å². The molecule has 1 aliphatic heterocycles. The Bertz CT molecular complexity index is 412. The molecule has 3 N–H and O–H groups in total. The number of hydrogen-bond donors (Lipinski definition) is 2. The normalized spacial score (nSPS) is 22.2. The summed E-state index contributed by atoms with van der Waals surface area (Å²) >= 11 is 0. The number of nitrogen functional groups attached to an aromatic ring is 1. The summed E-state index contributed by atoms with van der Waals surface area (Å²) in [6.07, 6.45) is 1.87. The third-order valence-corrected chi connectivity index (χ3v) is 3.14. The van der Waals surface area contributed by atoms with Crippen LogP contribution in [-0.2, 0) is 11.3 Å². The van der Waals surface area contributed by atoms with Gasteiger partial charge in [0.1, 0.15) is 5.82 Å². The standard InChI is InChI=1S/C14H24N4O/c1-13(2)9-18(10-14(3,4)19-13)8-11-5-6-12(17-15)16-7-11/h5-7H,8-10,15H2,1-4H3,(H,16,17). The second-order valence-corrected chi connectivity index (χ2v) is 6.46. The summed E-state index contributed by atoms with van der Waals surface area (Å²) in [6, 6.07) is 3.95. The summed E-state index contributed by atoms with van der Waals surface area (Å²) in [6.45, 7) is 11.3. The van der Waals surface area contributed by atoms with Gasteiger partial charge in [0.15, 0.2) is 0 Å². The van der Waals surface area contributed by atoms with Gasteiger partial charge in [-0.25, -0.2) is 10.8 Å². The molecule has 0 atom stereocenters. The molecule has 0 saturated carbocycles. The Morgan fingerprint density at radius 1 is 1.26 bits per heavy atom. The van der Waals surface area contributed by atoms with Crippen molar-refractivity contribution in [3.63, 3.8) is 0 Å². The van der Waals surface area contributed by atoms with Crippen LogP contribution >= 0.6 is 0 Å². The zero-order valence-corrected chi connectivity index (χ0v) is 12.2. The van der Waals surface area contributed by atoms with Crippen LogP contribution in [0.25, 0.3) is 0 Å². The molecule has 0 unspecified atom stereocenters. The van der Waals surface area contributed by atoms with Gasteiger partial charge in [-0.05, 0) is 39.3 Å². The Labute approximate surface area is 115 Å². The Hall–Kier alpha value is -1.17. The van der Waals surface area contributed by atoms with Gasteiger partial charge in [-0.15, -0.1) is 0 Å². The Morgan fingerprint density at radius 3 is 2.37 bits per heavy atom. The lowest BCUT2D eigenvalue weighted by atomic mass is 9.98. The van der Waals surface area contributed by atoms with Crippen molar-refractivity contribution in [1.82, 2.24) is 9.88 Å². The number of rotatable bonds is 3. The largest absolute Gasteiger partial charge is 0.367 e. The lowest BCUT2D eigenvalue weighted by Gasteiger charge is -2.47. The molecule has 0 amide bonds. The lowest BCUT2D eigenvalue weighted by Crippen LogP contribution is -2.56. The zero-order valence-electron chi connectivity index (χ0n) is 12.2. The first kappa shape index (κ1) is 14.2. The smallest absolute Gasteiger partial charge is 0.139 e. The highest BCUT2D eigenvalue weighted by Crippen LogP contribution is 2.28. The number of hydrazine groups is 1. The van der Waals surface area contributed by atoms with Gasteiger partial charge in [0.05, 0.1) is 11.2 Å². The number of nitrogens with one attached hydrogen (secondary N) is 1. The third kappa shape index (κ3) is 3.89. The molecule has 106 valence electrons. The molecule has 0 radical (unpaired) electrons. The molecule has 0 aliphatic carbocycles. The van der Waals surface area contributed by atoms with Crippen molar-refractivity contribution in [2.24, 2.45) is 5.84 Å². The molecular weight excluding hydrogens is 240 g/mol. The van der Waals surface area contributed by atoms with E-state index < -0.39 is 0 Å². The Balaban J connectivity index is 2.05. The number of nitrogens with two attached hydrogens (primary N) is 1. The van der Waals surface area contributed by atoms with Gasteiger partial charge in [-0.1, -0.05) is 6.07 Å². The predicted molar refractivity (Wildman–Crippen MR) is 76.6 cm³/mol. The highest BCUT2D eigenvalue weighted by atomic mass is 16.5. The first-order chi connectivity index (χ1) is 8.80.